The van der Waals surface area contributed by atoms with E-state index in [2.05, 4.69) is 5.32 Å². The smallest absolute Gasteiger partial charge is 0.249 e. The van der Waals surface area contributed by atoms with E-state index in [1.54, 1.807) is 38.3 Å². The average Bonchev–Trinajstić information content (AvgIpc) is 2.56. The van der Waals surface area contributed by atoms with Gasteiger partial charge in [-0.05, 0) is 49.6 Å². The normalized spacial score (nSPS) is 11.1. The predicted molar refractivity (Wildman–Crippen MR) is 98.8 cm³/mol. The zero-order valence-electron chi connectivity index (χ0n) is 14.6. The van der Waals surface area contributed by atoms with Crippen molar-refractivity contribution in [3.8, 4) is 5.75 Å². The van der Waals surface area contributed by atoms with Crippen molar-refractivity contribution in [2.45, 2.75) is 20.3 Å². The number of allylic oxidation sites excluding steroid dienone is 1. The van der Waals surface area contributed by atoms with Crippen LogP contribution in [0.25, 0.3) is 0 Å². The van der Waals surface area contributed by atoms with E-state index >= 15 is 0 Å². The molecule has 0 unspecified atom stereocenters. The van der Waals surface area contributed by atoms with Crippen LogP contribution in [0.1, 0.15) is 28.4 Å². The summed E-state index contributed by atoms with van der Waals surface area (Å²) in [5, 5.41) is 2.80. The minimum Gasteiger partial charge on any atom is -0.496 e. The number of nitrogens with one attached hydrogen (secondary N) is 1. The Morgan fingerprint density at radius 2 is 1.88 bits per heavy atom. The molecule has 0 spiro atoms. The SMILES string of the molecule is COc1ccccc1C/C(C)=C/C(=O)Nc1cccc(C(N)=O)c1C. The number of ether oxygens (including phenoxy) is 1. The van der Waals surface area contributed by atoms with Crippen LogP contribution in [0.3, 0.4) is 0 Å². The Morgan fingerprint density at radius 1 is 1.16 bits per heavy atom. The van der Waals surface area contributed by atoms with Crippen LogP contribution in [-0.4, -0.2) is 18.9 Å². The van der Waals surface area contributed by atoms with E-state index in [0.29, 0.717) is 23.2 Å². The van der Waals surface area contributed by atoms with E-state index in [0.717, 1.165) is 16.9 Å². The Morgan fingerprint density at radius 3 is 2.56 bits per heavy atom. The molecule has 5 heteroatoms. The molecule has 0 bridgehead atoms. The van der Waals surface area contributed by atoms with E-state index in [1.165, 1.54) is 0 Å². The summed E-state index contributed by atoms with van der Waals surface area (Å²) in [5.41, 5.74) is 8.86. The molecular formula is C20H22N2O3. The third kappa shape index (κ3) is 4.70. The molecular weight excluding hydrogens is 316 g/mol. The standard InChI is InChI=1S/C20H22N2O3/c1-13(11-15-7-4-5-10-18(15)25-3)12-19(23)22-17-9-6-8-16(14(17)2)20(21)24/h4-10,12H,11H2,1-3H3,(H2,21,24)(H,22,23)/b13-12+. The van der Waals surface area contributed by atoms with Crippen molar-refractivity contribution < 1.29 is 14.3 Å². The van der Waals surface area contributed by atoms with Crippen molar-refractivity contribution in [2.75, 3.05) is 12.4 Å². The van der Waals surface area contributed by atoms with Crippen molar-refractivity contribution in [2.24, 2.45) is 5.73 Å². The molecule has 0 aliphatic carbocycles. The second-order valence-corrected chi connectivity index (χ2v) is 5.81. The molecule has 3 N–H and O–H groups in total. The highest BCUT2D eigenvalue weighted by Crippen LogP contribution is 2.21. The van der Waals surface area contributed by atoms with Crippen LogP contribution >= 0.6 is 0 Å². The van der Waals surface area contributed by atoms with E-state index in [1.807, 2.05) is 31.2 Å². The molecule has 2 aromatic rings. The van der Waals surface area contributed by atoms with Gasteiger partial charge in [-0.3, -0.25) is 9.59 Å². The molecule has 0 saturated carbocycles. The maximum atomic E-state index is 12.3. The van der Waals surface area contributed by atoms with Crippen molar-refractivity contribution in [1.29, 1.82) is 0 Å². The fourth-order valence-corrected chi connectivity index (χ4v) is 2.63. The second kappa shape index (κ2) is 8.15. The zero-order valence-corrected chi connectivity index (χ0v) is 14.6. The van der Waals surface area contributed by atoms with Gasteiger partial charge in [-0.25, -0.2) is 0 Å². The van der Waals surface area contributed by atoms with Crippen LogP contribution < -0.4 is 15.8 Å². The van der Waals surface area contributed by atoms with Gasteiger partial charge in [0.15, 0.2) is 0 Å². The van der Waals surface area contributed by atoms with Crippen LogP contribution in [-0.2, 0) is 11.2 Å². The second-order valence-electron chi connectivity index (χ2n) is 5.81. The molecule has 2 aromatic carbocycles. The third-order valence-corrected chi connectivity index (χ3v) is 3.90. The number of nitrogens with two attached hydrogens (primary N) is 1. The first-order chi connectivity index (χ1) is 11.9. The lowest BCUT2D eigenvalue weighted by molar-refractivity contribution is -0.112. The number of para-hydroxylation sites is 1. The van der Waals surface area contributed by atoms with Crippen LogP contribution in [0.2, 0.25) is 0 Å². The zero-order chi connectivity index (χ0) is 18.4. The molecule has 0 radical (unpaired) electrons. The summed E-state index contributed by atoms with van der Waals surface area (Å²) in [7, 11) is 1.62. The van der Waals surface area contributed by atoms with E-state index in [4.69, 9.17) is 10.5 Å². The first kappa shape index (κ1) is 18.3. The lowest BCUT2D eigenvalue weighted by Crippen LogP contribution is -2.15. The van der Waals surface area contributed by atoms with Gasteiger partial charge in [-0.15, -0.1) is 0 Å². The fourth-order valence-electron chi connectivity index (χ4n) is 2.63. The number of hydrogen-bond donors (Lipinski definition) is 2. The quantitative estimate of drug-likeness (QED) is 0.794. The Kier molecular flexibility index (Phi) is 5.95. The fraction of sp³-hybridized carbons (Fsp3) is 0.200. The number of carbonyl (C=O) groups is 2. The van der Waals surface area contributed by atoms with E-state index in [9.17, 15) is 9.59 Å². The Bertz CT molecular complexity index is 825. The van der Waals surface area contributed by atoms with Crippen LogP contribution in [0.4, 0.5) is 5.69 Å². The number of benzene rings is 2. The van der Waals surface area contributed by atoms with Gasteiger partial charge in [0.05, 0.1) is 7.11 Å². The Balaban J connectivity index is 2.12. The number of carbonyl (C=O) groups excluding carboxylic acids is 2. The summed E-state index contributed by atoms with van der Waals surface area (Å²) in [6.07, 6.45) is 2.15. The lowest BCUT2D eigenvalue weighted by atomic mass is 10.0. The molecule has 130 valence electrons. The molecule has 25 heavy (non-hydrogen) atoms. The minimum absolute atomic E-state index is 0.253. The first-order valence-electron chi connectivity index (χ1n) is 7.92. The number of rotatable bonds is 6. The average molecular weight is 338 g/mol. The number of hydrogen-bond acceptors (Lipinski definition) is 3. The van der Waals surface area contributed by atoms with Gasteiger partial charge in [0.25, 0.3) is 0 Å². The molecule has 5 nitrogen and oxygen atoms in total. The summed E-state index contributed by atoms with van der Waals surface area (Å²) in [4.78, 5) is 23.7. The van der Waals surface area contributed by atoms with Crippen molar-refractivity contribution >= 4 is 17.5 Å². The van der Waals surface area contributed by atoms with Crippen molar-refractivity contribution in [1.82, 2.24) is 0 Å². The van der Waals surface area contributed by atoms with Crippen LogP contribution in [0, 0.1) is 6.92 Å². The van der Waals surface area contributed by atoms with Crippen molar-refractivity contribution in [3.63, 3.8) is 0 Å². The molecule has 0 atom stereocenters. The molecule has 2 amide bonds. The maximum Gasteiger partial charge on any atom is 0.249 e. The van der Waals surface area contributed by atoms with Gasteiger partial charge >= 0.3 is 0 Å². The molecule has 0 fully saturated rings. The van der Waals surface area contributed by atoms with Gasteiger partial charge < -0.3 is 15.8 Å². The summed E-state index contributed by atoms with van der Waals surface area (Å²) in [6.45, 7) is 3.64. The maximum absolute atomic E-state index is 12.3. The minimum atomic E-state index is -0.517. The largest absolute Gasteiger partial charge is 0.496 e. The van der Waals surface area contributed by atoms with Gasteiger partial charge in [0.1, 0.15) is 5.75 Å². The molecule has 2 rings (SSSR count). The van der Waals surface area contributed by atoms with Gasteiger partial charge in [0.2, 0.25) is 11.8 Å². The highest BCUT2D eigenvalue weighted by Gasteiger charge is 2.10. The van der Waals surface area contributed by atoms with Gasteiger partial charge in [-0.1, -0.05) is 29.8 Å². The highest BCUT2D eigenvalue weighted by atomic mass is 16.5. The van der Waals surface area contributed by atoms with Gasteiger partial charge in [0, 0.05) is 17.3 Å². The molecule has 0 aromatic heterocycles. The number of methoxy groups -OCH3 is 1. The summed E-state index contributed by atoms with van der Waals surface area (Å²) in [6, 6.07) is 12.8. The highest BCUT2D eigenvalue weighted by molar-refractivity contribution is 6.02. The summed E-state index contributed by atoms with van der Waals surface area (Å²) < 4.78 is 5.33. The molecule has 0 aliphatic heterocycles. The lowest BCUT2D eigenvalue weighted by Gasteiger charge is -2.11. The van der Waals surface area contributed by atoms with Crippen molar-refractivity contribution in [3.05, 3.63) is 70.8 Å². The Hall–Kier alpha value is -3.08. The van der Waals surface area contributed by atoms with Crippen LogP contribution in [0.5, 0.6) is 5.75 Å². The molecule has 0 heterocycles. The number of anilines is 1. The third-order valence-electron chi connectivity index (χ3n) is 3.90. The van der Waals surface area contributed by atoms with E-state index in [-0.39, 0.29) is 5.91 Å². The molecule has 0 aliphatic rings. The number of primary amides is 1. The van der Waals surface area contributed by atoms with Crippen LogP contribution in [0.15, 0.2) is 54.1 Å². The molecule has 0 saturated heterocycles. The topological polar surface area (TPSA) is 81.4 Å². The summed E-state index contributed by atoms with van der Waals surface area (Å²) >= 11 is 0. The van der Waals surface area contributed by atoms with E-state index < -0.39 is 5.91 Å². The monoisotopic (exact) mass is 338 g/mol. The summed E-state index contributed by atoms with van der Waals surface area (Å²) in [5.74, 6) is 0.0225. The Labute approximate surface area is 147 Å². The number of amides is 2. The first-order valence-corrected chi connectivity index (χ1v) is 7.92. The van der Waals surface area contributed by atoms with Gasteiger partial charge in [-0.2, -0.15) is 0 Å². The predicted octanol–water partition coefficient (Wildman–Crippen LogP) is 3.23.